The maximum Gasteiger partial charge on any atom is 0.264 e. The first-order valence-corrected chi connectivity index (χ1v) is 7.37. The zero-order valence-corrected chi connectivity index (χ0v) is 13.2. The lowest BCUT2D eigenvalue weighted by Crippen LogP contribution is -2.20. The minimum Gasteiger partial charge on any atom is -0.495 e. The molecule has 1 aromatic carbocycles. The molecule has 0 amide bonds. The Labute approximate surface area is 133 Å². The molecule has 4 nitrogen and oxygen atoms in total. The van der Waals surface area contributed by atoms with Gasteiger partial charge in [0.15, 0.2) is 0 Å². The number of halogens is 1. The number of hydrogen-bond acceptors (Lipinski definition) is 3. The van der Waals surface area contributed by atoms with Crippen molar-refractivity contribution in [2.75, 3.05) is 7.11 Å². The van der Waals surface area contributed by atoms with Crippen LogP contribution in [0.4, 0.5) is 4.39 Å². The smallest absolute Gasteiger partial charge is 0.264 e. The Morgan fingerprint density at radius 3 is 2.70 bits per heavy atom. The van der Waals surface area contributed by atoms with E-state index in [1.807, 2.05) is 26.0 Å². The number of benzene rings is 1. The van der Waals surface area contributed by atoms with Crippen molar-refractivity contribution in [2.45, 2.75) is 19.8 Å². The molecule has 0 saturated heterocycles. The second-order valence-corrected chi connectivity index (χ2v) is 5.64. The first kappa shape index (κ1) is 15.2. The van der Waals surface area contributed by atoms with Crippen molar-refractivity contribution in [2.24, 2.45) is 0 Å². The van der Waals surface area contributed by atoms with E-state index in [-0.39, 0.29) is 16.9 Å². The maximum absolute atomic E-state index is 13.6. The first-order valence-electron chi connectivity index (χ1n) is 7.37. The van der Waals surface area contributed by atoms with E-state index in [0.717, 1.165) is 11.8 Å². The van der Waals surface area contributed by atoms with Crippen LogP contribution in [0.15, 0.2) is 47.5 Å². The number of hydrogen-bond donors (Lipinski definition) is 0. The van der Waals surface area contributed by atoms with Crippen LogP contribution in [0, 0.1) is 5.82 Å². The third kappa shape index (κ3) is 2.59. The van der Waals surface area contributed by atoms with Gasteiger partial charge in [-0.05, 0) is 29.7 Å². The SMILES string of the molecule is COc1ccccc1-n1cc(C(C)C)c2ncc(F)cc2c1=O. The van der Waals surface area contributed by atoms with Gasteiger partial charge in [-0.3, -0.25) is 14.3 Å². The van der Waals surface area contributed by atoms with Crippen LogP contribution in [0.25, 0.3) is 16.6 Å². The first-order chi connectivity index (χ1) is 11.0. The van der Waals surface area contributed by atoms with E-state index in [4.69, 9.17) is 4.74 Å². The van der Waals surface area contributed by atoms with Gasteiger partial charge in [-0.25, -0.2) is 4.39 Å². The molecule has 3 rings (SSSR count). The van der Waals surface area contributed by atoms with E-state index >= 15 is 0 Å². The molecule has 0 fully saturated rings. The highest BCUT2D eigenvalue weighted by Crippen LogP contribution is 2.26. The summed E-state index contributed by atoms with van der Waals surface area (Å²) in [7, 11) is 1.55. The lowest BCUT2D eigenvalue weighted by molar-refractivity contribution is 0.412. The molecule has 23 heavy (non-hydrogen) atoms. The van der Waals surface area contributed by atoms with Gasteiger partial charge < -0.3 is 4.74 Å². The fraction of sp³-hybridized carbons (Fsp3) is 0.222. The second kappa shape index (κ2) is 5.83. The van der Waals surface area contributed by atoms with Gasteiger partial charge in [0.1, 0.15) is 11.6 Å². The third-order valence-electron chi connectivity index (χ3n) is 3.81. The molecule has 3 aromatic rings. The number of para-hydroxylation sites is 2. The van der Waals surface area contributed by atoms with Gasteiger partial charge in [-0.1, -0.05) is 26.0 Å². The molecule has 118 valence electrons. The number of ether oxygens (including phenoxy) is 1. The summed E-state index contributed by atoms with van der Waals surface area (Å²) in [5.74, 6) is 0.187. The highest BCUT2D eigenvalue weighted by Gasteiger charge is 2.16. The zero-order chi connectivity index (χ0) is 16.6. The number of pyridine rings is 2. The Morgan fingerprint density at radius 2 is 2.00 bits per heavy atom. The molecule has 2 aromatic heterocycles. The zero-order valence-electron chi connectivity index (χ0n) is 13.2. The van der Waals surface area contributed by atoms with Crippen molar-refractivity contribution in [1.82, 2.24) is 9.55 Å². The van der Waals surface area contributed by atoms with Crippen molar-refractivity contribution in [1.29, 1.82) is 0 Å². The summed E-state index contributed by atoms with van der Waals surface area (Å²) in [5.41, 5.74) is 1.72. The number of fused-ring (bicyclic) bond motifs is 1. The number of methoxy groups -OCH3 is 1. The van der Waals surface area contributed by atoms with Crippen LogP contribution in [0.1, 0.15) is 25.3 Å². The fourth-order valence-corrected chi connectivity index (χ4v) is 2.65. The molecular weight excluding hydrogens is 295 g/mol. The Bertz CT molecular complexity index is 932. The second-order valence-electron chi connectivity index (χ2n) is 5.64. The van der Waals surface area contributed by atoms with Gasteiger partial charge in [-0.15, -0.1) is 0 Å². The standard InChI is InChI=1S/C18H17FN2O2/c1-11(2)14-10-21(15-6-4-5-7-16(15)23-3)18(22)13-8-12(19)9-20-17(13)14/h4-11H,1-3H3. The largest absolute Gasteiger partial charge is 0.495 e. The Balaban J connectivity index is 2.42. The summed E-state index contributed by atoms with van der Waals surface area (Å²) in [5, 5.41) is 0.266. The van der Waals surface area contributed by atoms with Crippen molar-refractivity contribution < 1.29 is 9.13 Å². The molecule has 0 saturated carbocycles. The van der Waals surface area contributed by atoms with Crippen LogP contribution in [0.3, 0.4) is 0 Å². The summed E-state index contributed by atoms with van der Waals surface area (Å²) in [6, 6.07) is 8.47. The molecule has 0 spiro atoms. The van der Waals surface area contributed by atoms with Crippen molar-refractivity contribution in [3.63, 3.8) is 0 Å². The summed E-state index contributed by atoms with van der Waals surface area (Å²) < 4.78 is 20.4. The van der Waals surface area contributed by atoms with Gasteiger partial charge in [0.25, 0.3) is 5.56 Å². The van der Waals surface area contributed by atoms with Gasteiger partial charge >= 0.3 is 0 Å². The summed E-state index contributed by atoms with van der Waals surface area (Å²) >= 11 is 0. The van der Waals surface area contributed by atoms with Crippen LogP contribution < -0.4 is 10.3 Å². The molecule has 0 atom stereocenters. The van der Waals surface area contributed by atoms with Gasteiger partial charge in [0.2, 0.25) is 0 Å². The van der Waals surface area contributed by atoms with Crippen LogP contribution in [-0.2, 0) is 0 Å². The molecule has 0 bridgehead atoms. The predicted molar refractivity (Wildman–Crippen MR) is 87.9 cm³/mol. The normalized spacial score (nSPS) is 11.2. The summed E-state index contributed by atoms with van der Waals surface area (Å²) in [6.45, 7) is 4.02. The summed E-state index contributed by atoms with van der Waals surface area (Å²) in [6.07, 6.45) is 2.90. The predicted octanol–water partition coefficient (Wildman–Crippen LogP) is 3.66. The molecule has 0 radical (unpaired) electrons. The monoisotopic (exact) mass is 312 g/mol. The number of rotatable bonds is 3. The Morgan fingerprint density at radius 1 is 1.26 bits per heavy atom. The third-order valence-corrected chi connectivity index (χ3v) is 3.81. The average Bonchev–Trinajstić information content (AvgIpc) is 2.55. The van der Waals surface area contributed by atoms with Crippen LogP contribution in [0.2, 0.25) is 0 Å². The minimum atomic E-state index is -0.526. The number of aromatic nitrogens is 2. The van der Waals surface area contributed by atoms with Crippen molar-refractivity contribution >= 4 is 10.9 Å². The molecular formula is C18H17FN2O2. The van der Waals surface area contributed by atoms with E-state index in [1.54, 1.807) is 25.4 Å². The lowest BCUT2D eigenvalue weighted by Gasteiger charge is -2.16. The van der Waals surface area contributed by atoms with Crippen molar-refractivity contribution in [3.8, 4) is 11.4 Å². The van der Waals surface area contributed by atoms with E-state index in [9.17, 15) is 9.18 Å². The van der Waals surface area contributed by atoms with Crippen LogP contribution in [-0.4, -0.2) is 16.7 Å². The Kier molecular flexibility index (Phi) is 3.86. The fourth-order valence-electron chi connectivity index (χ4n) is 2.65. The van der Waals surface area contributed by atoms with Crippen LogP contribution >= 0.6 is 0 Å². The molecule has 5 heteroatoms. The van der Waals surface area contributed by atoms with E-state index < -0.39 is 5.82 Å². The topological polar surface area (TPSA) is 44.1 Å². The van der Waals surface area contributed by atoms with Crippen molar-refractivity contribution in [3.05, 3.63) is 64.5 Å². The van der Waals surface area contributed by atoms with Gasteiger partial charge in [0, 0.05) is 6.20 Å². The number of nitrogens with zero attached hydrogens (tertiary/aromatic N) is 2. The average molecular weight is 312 g/mol. The maximum atomic E-state index is 13.6. The van der Waals surface area contributed by atoms with Crippen LogP contribution in [0.5, 0.6) is 5.75 Å². The molecule has 0 aliphatic rings. The Hall–Kier alpha value is -2.69. The molecule has 0 aliphatic carbocycles. The highest BCUT2D eigenvalue weighted by atomic mass is 19.1. The highest BCUT2D eigenvalue weighted by molar-refractivity contribution is 5.81. The molecule has 0 unspecified atom stereocenters. The minimum absolute atomic E-state index is 0.136. The molecule has 0 aliphatic heterocycles. The molecule has 0 N–H and O–H groups in total. The van der Waals surface area contributed by atoms with E-state index in [1.165, 1.54) is 10.6 Å². The quantitative estimate of drug-likeness (QED) is 0.741. The van der Waals surface area contributed by atoms with E-state index in [2.05, 4.69) is 4.98 Å². The molecule has 2 heterocycles. The van der Waals surface area contributed by atoms with E-state index in [0.29, 0.717) is 17.0 Å². The lowest BCUT2D eigenvalue weighted by atomic mass is 10.0. The van der Waals surface area contributed by atoms with Gasteiger partial charge in [-0.2, -0.15) is 0 Å². The summed E-state index contributed by atoms with van der Waals surface area (Å²) in [4.78, 5) is 16.9. The van der Waals surface area contributed by atoms with Gasteiger partial charge in [0.05, 0.1) is 29.9 Å².